The van der Waals surface area contributed by atoms with Crippen LogP contribution in [0.5, 0.6) is 0 Å². The molecular formula is C12H18N2S2. The topological polar surface area (TPSA) is 24.7 Å². The molecule has 1 rings (SSSR count). The second-order valence-electron chi connectivity index (χ2n) is 5.84. The molecule has 0 amide bonds. The molecule has 2 atom stereocenters. The van der Waals surface area contributed by atoms with Gasteiger partial charge in [-0.2, -0.15) is 0 Å². The summed E-state index contributed by atoms with van der Waals surface area (Å²) in [5, 5.41) is 4.97. The molecule has 1 fully saturated rings. The minimum absolute atomic E-state index is 0.161. The van der Waals surface area contributed by atoms with Gasteiger partial charge in [0.05, 0.1) is 22.9 Å². The Morgan fingerprint density at radius 2 is 1.88 bits per heavy atom. The van der Waals surface area contributed by atoms with Crippen molar-refractivity contribution >= 4 is 34.8 Å². The second kappa shape index (κ2) is 5.29. The third-order valence-corrected chi connectivity index (χ3v) is 3.42. The van der Waals surface area contributed by atoms with Gasteiger partial charge in [0.2, 0.25) is 0 Å². The first-order chi connectivity index (χ1) is 7.41. The van der Waals surface area contributed by atoms with Gasteiger partial charge in [0.25, 0.3) is 0 Å². The largest absolute Gasteiger partial charge is 0.232 e. The lowest BCUT2D eigenvalue weighted by atomic mass is 9.63. The number of thiocarbonyl (C=S) groups is 2. The van der Waals surface area contributed by atoms with E-state index in [1.807, 2.05) is 0 Å². The summed E-state index contributed by atoms with van der Waals surface area (Å²) in [6, 6.07) is 0.284. The van der Waals surface area contributed by atoms with E-state index in [9.17, 15) is 0 Å². The molecule has 2 unspecified atom stereocenters. The summed E-state index contributed by atoms with van der Waals surface area (Å²) in [4.78, 5) is 8.36. The van der Waals surface area contributed by atoms with Crippen molar-refractivity contribution in [1.29, 1.82) is 0 Å². The summed E-state index contributed by atoms with van der Waals surface area (Å²) in [6.07, 6.45) is 3.23. The van der Waals surface area contributed by atoms with Crippen molar-refractivity contribution < 1.29 is 0 Å². The molecule has 4 heteroatoms. The average Bonchev–Trinajstić information content (AvgIpc) is 2.12. The quantitative estimate of drug-likeness (QED) is 0.565. The van der Waals surface area contributed by atoms with Crippen LogP contribution in [-0.4, -0.2) is 22.9 Å². The van der Waals surface area contributed by atoms with Gasteiger partial charge in [0.15, 0.2) is 0 Å². The van der Waals surface area contributed by atoms with Crippen molar-refractivity contribution in [2.45, 2.75) is 46.1 Å². The molecule has 0 radical (unpaired) electrons. The monoisotopic (exact) mass is 254 g/mol. The van der Waals surface area contributed by atoms with Crippen molar-refractivity contribution in [3.63, 3.8) is 0 Å². The summed E-state index contributed by atoms with van der Waals surface area (Å²) >= 11 is 9.34. The Kier molecular flexibility index (Phi) is 4.52. The maximum Gasteiger partial charge on any atom is 0.0613 e. The SMILES string of the molecule is CC1(C)CC(N=C=S)CC(C)(CN=C=S)C1. The number of aliphatic imine (C=N–C) groups is 2. The highest BCUT2D eigenvalue weighted by molar-refractivity contribution is 7.78. The third-order valence-electron chi connectivity index (χ3n) is 3.18. The molecule has 2 nitrogen and oxygen atoms in total. The van der Waals surface area contributed by atoms with Crippen LogP contribution in [0.3, 0.4) is 0 Å². The van der Waals surface area contributed by atoms with Gasteiger partial charge >= 0.3 is 0 Å². The zero-order chi connectivity index (χ0) is 12.2. The number of hydrogen-bond donors (Lipinski definition) is 0. The fourth-order valence-electron chi connectivity index (χ4n) is 3.09. The molecule has 1 aliphatic carbocycles. The highest BCUT2D eigenvalue weighted by Gasteiger charge is 2.41. The summed E-state index contributed by atoms with van der Waals surface area (Å²) in [6.45, 7) is 7.54. The fraction of sp³-hybridized carbons (Fsp3) is 0.833. The molecule has 1 saturated carbocycles. The molecule has 0 heterocycles. The van der Waals surface area contributed by atoms with Crippen LogP contribution in [0.25, 0.3) is 0 Å². The summed E-state index contributed by atoms with van der Waals surface area (Å²) in [7, 11) is 0. The Morgan fingerprint density at radius 3 is 2.44 bits per heavy atom. The lowest BCUT2D eigenvalue weighted by Crippen LogP contribution is -2.39. The van der Waals surface area contributed by atoms with E-state index in [2.05, 4.69) is 53.3 Å². The molecule has 0 aliphatic heterocycles. The number of hydrogen-bond acceptors (Lipinski definition) is 4. The van der Waals surface area contributed by atoms with Gasteiger partial charge in [-0.05, 0) is 54.5 Å². The molecule has 0 N–H and O–H groups in total. The lowest BCUT2D eigenvalue weighted by Gasteiger charge is -2.44. The van der Waals surface area contributed by atoms with Gasteiger partial charge < -0.3 is 0 Å². The van der Waals surface area contributed by atoms with Crippen LogP contribution in [-0.2, 0) is 0 Å². The Hall–Kier alpha value is -0.400. The van der Waals surface area contributed by atoms with Crippen LogP contribution in [0, 0.1) is 10.8 Å². The van der Waals surface area contributed by atoms with Crippen LogP contribution in [0.4, 0.5) is 0 Å². The van der Waals surface area contributed by atoms with Gasteiger partial charge in [0, 0.05) is 0 Å². The van der Waals surface area contributed by atoms with E-state index in [1.54, 1.807) is 0 Å². The fourth-order valence-corrected chi connectivity index (χ4v) is 3.30. The summed E-state index contributed by atoms with van der Waals surface area (Å²) < 4.78 is 0. The smallest absolute Gasteiger partial charge is 0.0613 e. The van der Waals surface area contributed by atoms with E-state index in [0.29, 0.717) is 0 Å². The van der Waals surface area contributed by atoms with E-state index >= 15 is 0 Å². The molecule has 0 saturated heterocycles. The Bertz CT molecular complexity index is 352. The van der Waals surface area contributed by atoms with Crippen molar-refractivity contribution in [2.24, 2.45) is 20.8 Å². The highest BCUT2D eigenvalue weighted by Crippen LogP contribution is 2.47. The zero-order valence-electron chi connectivity index (χ0n) is 10.1. The molecule has 1 aliphatic rings. The normalized spacial score (nSPS) is 32.3. The molecule has 0 aromatic heterocycles. The van der Waals surface area contributed by atoms with Crippen LogP contribution in [0.1, 0.15) is 40.0 Å². The molecule has 16 heavy (non-hydrogen) atoms. The highest BCUT2D eigenvalue weighted by atomic mass is 32.1. The van der Waals surface area contributed by atoms with E-state index in [0.717, 1.165) is 25.8 Å². The Balaban J connectivity index is 2.85. The van der Waals surface area contributed by atoms with Crippen LogP contribution in [0.2, 0.25) is 0 Å². The zero-order valence-corrected chi connectivity index (χ0v) is 11.7. The standard InChI is InChI=1S/C12H18N2S2/c1-11(2)4-10(14-9-16)5-12(3,6-11)7-13-8-15/h10H,4-7H2,1-3H3. The van der Waals surface area contributed by atoms with Gasteiger partial charge in [-0.15, -0.1) is 0 Å². The molecule has 0 aromatic carbocycles. The van der Waals surface area contributed by atoms with Crippen molar-refractivity contribution in [2.75, 3.05) is 6.54 Å². The van der Waals surface area contributed by atoms with Gasteiger partial charge in [-0.1, -0.05) is 20.8 Å². The number of rotatable bonds is 3. The first kappa shape index (κ1) is 13.7. The van der Waals surface area contributed by atoms with Gasteiger partial charge in [-0.25, -0.2) is 9.98 Å². The van der Waals surface area contributed by atoms with E-state index in [-0.39, 0.29) is 16.9 Å². The van der Waals surface area contributed by atoms with E-state index in [4.69, 9.17) is 12.2 Å². The second-order valence-corrected chi connectivity index (χ2v) is 6.21. The first-order valence-electron chi connectivity index (χ1n) is 5.51. The molecule has 88 valence electrons. The summed E-state index contributed by atoms with van der Waals surface area (Å²) in [5.41, 5.74) is 0.443. The maximum absolute atomic E-state index is 4.70. The minimum Gasteiger partial charge on any atom is -0.232 e. The maximum atomic E-state index is 4.70. The number of nitrogens with zero attached hydrogens (tertiary/aromatic N) is 2. The Labute approximate surface area is 108 Å². The predicted octanol–water partition coefficient (Wildman–Crippen LogP) is 3.78. The molecule has 0 spiro atoms. The van der Waals surface area contributed by atoms with Crippen molar-refractivity contribution in [3.8, 4) is 0 Å². The molecule has 0 bridgehead atoms. The van der Waals surface area contributed by atoms with Crippen LogP contribution < -0.4 is 0 Å². The predicted molar refractivity (Wildman–Crippen MR) is 74.4 cm³/mol. The van der Waals surface area contributed by atoms with Gasteiger partial charge in [0.1, 0.15) is 0 Å². The minimum atomic E-state index is 0.161. The van der Waals surface area contributed by atoms with Gasteiger partial charge in [-0.3, -0.25) is 0 Å². The molecule has 0 aromatic rings. The van der Waals surface area contributed by atoms with Crippen LogP contribution >= 0.6 is 24.4 Å². The van der Waals surface area contributed by atoms with Crippen molar-refractivity contribution in [3.05, 3.63) is 0 Å². The average molecular weight is 254 g/mol. The van der Waals surface area contributed by atoms with E-state index < -0.39 is 0 Å². The molecular weight excluding hydrogens is 236 g/mol. The number of isothiocyanates is 2. The third kappa shape index (κ3) is 3.88. The first-order valence-corrected chi connectivity index (χ1v) is 6.33. The summed E-state index contributed by atoms with van der Waals surface area (Å²) in [5.74, 6) is 0. The van der Waals surface area contributed by atoms with Crippen molar-refractivity contribution in [1.82, 2.24) is 0 Å². The lowest BCUT2D eigenvalue weighted by molar-refractivity contribution is 0.0919. The van der Waals surface area contributed by atoms with E-state index in [1.165, 1.54) is 0 Å². The van der Waals surface area contributed by atoms with Crippen LogP contribution in [0.15, 0.2) is 9.98 Å². The Morgan fingerprint density at radius 1 is 1.19 bits per heavy atom.